The van der Waals surface area contributed by atoms with E-state index in [1.165, 1.54) is 0 Å². The van der Waals surface area contributed by atoms with Crippen molar-refractivity contribution in [1.29, 1.82) is 5.26 Å². The van der Waals surface area contributed by atoms with Crippen LogP contribution in [-0.2, 0) is 5.41 Å². The van der Waals surface area contributed by atoms with Gasteiger partial charge in [0, 0.05) is 11.1 Å². The van der Waals surface area contributed by atoms with E-state index < -0.39 is 0 Å². The predicted octanol–water partition coefficient (Wildman–Crippen LogP) is 2.83. The van der Waals surface area contributed by atoms with Crippen molar-refractivity contribution in [3.63, 3.8) is 0 Å². The molecule has 1 aromatic heterocycles. The molecule has 1 amide bonds. The molecule has 2 rings (SSSR count). The average molecular weight is 268 g/mol. The molecule has 2 N–H and O–H groups in total. The molecule has 0 aliphatic carbocycles. The molecular weight excluding hydrogens is 252 g/mol. The Labute approximate surface area is 117 Å². The topological polar surface area (TPSA) is 81.6 Å². The Balaban J connectivity index is 2.21. The van der Waals surface area contributed by atoms with E-state index in [4.69, 9.17) is 5.26 Å². The fourth-order valence-corrected chi connectivity index (χ4v) is 1.70. The average Bonchev–Trinajstić information content (AvgIpc) is 2.89. The van der Waals surface area contributed by atoms with Gasteiger partial charge in [0.25, 0.3) is 5.91 Å². The second-order valence-corrected chi connectivity index (χ2v) is 5.53. The summed E-state index contributed by atoms with van der Waals surface area (Å²) in [6, 6.07) is 10.6. The van der Waals surface area contributed by atoms with Crippen LogP contribution in [0.3, 0.4) is 0 Å². The molecule has 20 heavy (non-hydrogen) atoms. The van der Waals surface area contributed by atoms with Gasteiger partial charge in [-0.05, 0) is 18.2 Å². The number of nitrogens with zero attached hydrogens (tertiary/aromatic N) is 2. The van der Waals surface area contributed by atoms with E-state index >= 15 is 0 Å². The highest BCUT2D eigenvalue weighted by Gasteiger charge is 2.19. The largest absolute Gasteiger partial charge is 0.319 e. The van der Waals surface area contributed by atoms with E-state index in [2.05, 4.69) is 15.5 Å². The molecule has 1 heterocycles. The number of rotatable bonds is 2. The normalized spacial score (nSPS) is 10.9. The fraction of sp³-hybridized carbons (Fsp3) is 0.267. The van der Waals surface area contributed by atoms with E-state index in [0.29, 0.717) is 16.9 Å². The number of para-hydroxylation sites is 1. The van der Waals surface area contributed by atoms with Gasteiger partial charge in [0.2, 0.25) is 0 Å². The molecule has 0 radical (unpaired) electrons. The van der Waals surface area contributed by atoms with Crippen LogP contribution in [0, 0.1) is 11.3 Å². The summed E-state index contributed by atoms with van der Waals surface area (Å²) in [6.45, 7) is 6.10. The summed E-state index contributed by atoms with van der Waals surface area (Å²) in [6.07, 6.45) is 0. The van der Waals surface area contributed by atoms with Crippen molar-refractivity contribution in [2.24, 2.45) is 0 Å². The standard InChI is InChI=1S/C15H16N4O/c1-15(2,3)13-8-12(18-19-13)14(20)17-11-7-5-4-6-10(11)9-16/h4-8H,1-3H3,(H,17,20)(H,18,19). The van der Waals surface area contributed by atoms with Gasteiger partial charge in [-0.2, -0.15) is 10.4 Å². The molecule has 0 fully saturated rings. The van der Waals surface area contributed by atoms with Crippen LogP contribution in [0.25, 0.3) is 0 Å². The van der Waals surface area contributed by atoms with Crippen LogP contribution in [-0.4, -0.2) is 16.1 Å². The summed E-state index contributed by atoms with van der Waals surface area (Å²) < 4.78 is 0. The molecule has 102 valence electrons. The molecule has 0 atom stereocenters. The van der Waals surface area contributed by atoms with Crippen LogP contribution in [0.15, 0.2) is 30.3 Å². The van der Waals surface area contributed by atoms with Crippen LogP contribution in [0.1, 0.15) is 42.5 Å². The van der Waals surface area contributed by atoms with Gasteiger partial charge in [0.1, 0.15) is 6.07 Å². The monoisotopic (exact) mass is 268 g/mol. The molecule has 5 heteroatoms. The van der Waals surface area contributed by atoms with Crippen LogP contribution in [0.4, 0.5) is 5.69 Å². The highest BCUT2D eigenvalue weighted by Crippen LogP contribution is 2.21. The van der Waals surface area contributed by atoms with Gasteiger partial charge in [-0.3, -0.25) is 9.89 Å². The quantitative estimate of drug-likeness (QED) is 0.878. The van der Waals surface area contributed by atoms with E-state index in [9.17, 15) is 4.79 Å². The van der Waals surface area contributed by atoms with Crippen molar-refractivity contribution in [2.75, 3.05) is 5.32 Å². The van der Waals surface area contributed by atoms with E-state index in [1.54, 1.807) is 30.3 Å². The molecule has 0 aliphatic heterocycles. The number of nitriles is 1. The second-order valence-electron chi connectivity index (χ2n) is 5.53. The number of hydrogen-bond acceptors (Lipinski definition) is 3. The Morgan fingerprint density at radius 1 is 1.35 bits per heavy atom. The molecule has 5 nitrogen and oxygen atoms in total. The minimum absolute atomic E-state index is 0.101. The number of benzene rings is 1. The predicted molar refractivity (Wildman–Crippen MR) is 76.4 cm³/mol. The van der Waals surface area contributed by atoms with Crippen molar-refractivity contribution in [1.82, 2.24) is 10.2 Å². The molecule has 0 spiro atoms. The van der Waals surface area contributed by atoms with E-state index in [-0.39, 0.29) is 11.3 Å². The molecule has 0 unspecified atom stereocenters. The number of carbonyl (C=O) groups excluding carboxylic acids is 1. The van der Waals surface area contributed by atoms with Crippen molar-refractivity contribution >= 4 is 11.6 Å². The summed E-state index contributed by atoms with van der Waals surface area (Å²) in [4.78, 5) is 12.1. The molecule has 2 aromatic rings. The van der Waals surface area contributed by atoms with Crippen molar-refractivity contribution in [3.8, 4) is 6.07 Å². The lowest BCUT2D eigenvalue weighted by atomic mass is 9.92. The minimum atomic E-state index is -0.334. The van der Waals surface area contributed by atoms with E-state index in [0.717, 1.165) is 5.69 Å². The third kappa shape index (κ3) is 2.86. The zero-order chi connectivity index (χ0) is 14.8. The number of hydrogen-bond donors (Lipinski definition) is 2. The lowest BCUT2D eigenvalue weighted by Crippen LogP contribution is -2.13. The Morgan fingerprint density at radius 2 is 2.05 bits per heavy atom. The number of aromatic nitrogens is 2. The van der Waals surface area contributed by atoms with Gasteiger partial charge >= 0.3 is 0 Å². The van der Waals surface area contributed by atoms with Crippen LogP contribution >= 0.6 is 0 Å². The molecule has 0 bridgehead atoms. The summed E-state index contributed by atoms with van der Waals surface area (Å²) in [7, 11) is 0. The Morgan fingerprint density at radius 3 is 2.65 bits per heavy atom. The Bertz CT molecular complexity index is 674. The molecule has 0 saturated heterocycles. The molecule has 0 saturated carbocycles. The van der Waals surface area contributed by atoms with Crippen molar-refractivity contribution in [3.05, 3.63) is 47.3 Å². The van der Waals surface area contributed by atoms with Gasteiger partial charge in [0.15, 0.2) is 5.69 Å². The SMILES string of the molecule is CC(C)(C)c1cc(C(=O)Nc2ccccc2C#N)n[nH]1. The van der Waals surface area contributed by atoms with Gasteiger partial charge in [0.05, 0.1) is 11.3 Å². The van der Waals surface area contributed by atoms with E-state index in [1.807, 2.05) is 26.8 Å². The van der Waals surface area contributed by atoms with Crippen LogP contribution in [0.5, 0.6) is 0 Å². The summed E-state index contributed by atoms with van der Waals surface area (Å²) in [5.41, 5.74) is 2.00. The minimum Gasteiger partial charge on any atom is -0.319 e. The highest BCUT2D eigenvalue weighted by atomic mass is 16.1. The third-order valence-corrected chi connectivity index (χ3v) is 2.91. The zero-order valence-corrected chi connectivity index (χ0v) is 11.7. The molecular formula is C15H16N4O. The highest BCUT2D eigenvalue weighted by molar-refractivity contribution is 6.03. The Kier molecular flexibility index (Phi) is 3.57. The number of aromatic amines is 1. The summed E-state index contributed by atoms with van der Waals surface area (Å²) >= 11 is 0. The smallest absolute Gasteiger partial charge is 0.276 e. The third-order valence-electron chi connectivity index (χ3n) is 2.91. The summed E-state index contributed by atoms with van der Waals surface area (Å²) in [5.74, 6) is -0.334. The second kappa shape index (κ2) is 5.17. The Hall–Kier alpha value is -2.61. The van der Waals surface area contributed by atoms with Gasteiger partial charge in [-0.15, -0.1) is 0 Å². The van der Waals surface area contributed by atoms with Gasteiger partial charge < -0.3 is 5.32 Å². The number of amides is 1. The number of H-pyrrole nitrogens is 1. The maximum absolute atomic E-state index is 12.1. The number of anilines is 1. The lowest BCUT2D eigenvalue weighted by molar-refractivity contribution is 0.102. The first-order chi connectivity index (χ1) is 9.41. The number of carbonyl (C=O) groups is 1. The maximum atomic E-state index is 12.1. The first-order valence-electron chi connectivity index (χ1n) is 6.28. The van der Waals surface area contributed by atoms with Crippen LogP contribution in [0.2, 0.25) is 0 Å². The first-order valence-corrected chi connectivity index (χ1v) is 6.28. The molecule has 1 aromatic carbocycles. The van der Waals surface area contributed by atoms with Crippen molar-refractivity contribution in [2.45, 2.75) is 26.2 Å². The first kappa shape index (κ1) is 13.8. The zero-order valence-electron chi connectivity index (χ0n) is 11.7. The maximum Gasteiger partial charge on any atom is 0.276 e. The fourth-order valence-electron chi connectivity index (χ4n) is 1.70. The number of nitrogens with one attached hydrogen (secondary N) is 2. The van der Waals surface area contributed by atoms with Crippen molar-refractivity contribution < 1.29 is 4.79 Å². The summed E-state index contributed by atoms with van der Waals surface area (Å²) in [5, 5.41) is 18.6. The van der Waals surface area contributed by atoms with Gasteiger partial charge in [-0.1, -0.05) is 32.9 Å². The van der Waals surface area contributed by atoms with Gasteiger partial charge in [-0.25, -0.2) is 0 Å². The molecule has 0 aliphatic rings. The van der Waals surface area contributed by atoms with Crippen LogP contribution < -0.4 is 5.32 Å². The lowest BCUT2D eigenvalue weighted by Gasteiger charge is -2.14.